The minimum absolute atomic E-state index is 0.131. The molecule has 1 heterocycles. The summed E-state index contributed by atoms with van der Waals surface area (Å²) in [5.74, 6) is -0.205. The van der Waals surface area contributed by atoms with E-state index in [9.17, 15) is 14.9 Å². The van der Waals surface area contributed by atoms with E-state index >= 15 is 0 Å². The topological polar surface area (TPSA) is 85.8 Å². The van der Waals surface area contributed by atoms with Gasteiger partial charge in [-0.15, -0.1) is 0 Å². The second-order valence-electron chi connectivity index (χ2n) is 4.96. The Balaban J connectivity index is 2.00. The number of nitrogens with zero attached hydrogens (tertiary/aromatic N) is 1. The lowest BCUT2D eigenvalue weighted by atomic mass is 9.81. The fraction of sp³-hybridized carbons (Fsp3) is 0.615. The molecule has 2 rings (SSSR count). The van der Waals surface area contributed by atoms with Crippen LogP contribution in [0.2, 0.25) is 0 Å². The summed E-state index contributed by atoms with van der Waals surface area (Å²) < 4.78 is 0. The highest BCUT2D eigenvalue weighted by Crippen LogP contribution is 2.34. The van der Waals surface area contributed by atoms with E-state index in [0.717, 1.165) is 37.0 Å². The maximum Gasteiger partial charge on any atom is 0.304 e. The molecule has 102 valence electrons. The summed E-state index contributed by atoms with van der Waals surface area (Å²) in [5.41, 5.74) is -0.197. The normalized spacial score (nSPS) is 18.3. The number of aromatic nitrogens is 1. The number of carbonyl (C=O) groups is 1. The molecular weight excluding hydrogens is 262 g/mol. The van der Waals surface area contributed by atoms with Crippen LogP contribution in [0.1, 0.15) is 44.2 Å². The third-order valence-electron chi connectivity index (χ3n) is 3.62. The van der Waals surface area contributed by atoms with Gasteiger partial charge in [-0.05, 0) is 12.8 Å². The second kappa shape index (κ2) is 6.02. The first kappa shape index (κ1) is 13.8. The zero-order valence-electron chi connectivity index (χ0n) is 10.7. The van der Waals surface area contributed by atoms with Crippen LogP contribution in [0.4, 0.5) is 0 Å². The van der Waals surface area contributed by atoms with E-state index < -0.39 is 5.41 Å². The molecule has 1 aromatic heterocycles. The van der Waals surface area contributed by atoms with Crippen LogP contribution in [0.25, 0.3) is 0 Å². The molecule has 0 atom stereocenters. The maximum atomic E-state index is 12.3. The fourth-order valence-electron chi connectivity index (χ4n) is 2.47. The Morgan fingerprint density at radius 3 is 2.63 bits per heavy atom. The lowest BCUT2D eigenvalue weighted by Crippen LogP contribution is -2.39. The molecule has 0 spiro atoms. The van der Waals surface area contributed by atoms with Gasteiger partial charge in [0.25, 0.3) is 0 Å². The van der Waals surface area contributed by atoms with Crippen molar-refractivity contribution in [1.29, 1.82) is 5.26 Å². The Kier molecular flexibility index (Phi) is 4.38. The number of nitrogens with one attached hydrogen (secondary N) is 2. The molecule has 0 unspecified atom stereocenters. The van der Waals surface area contributed by atoms with Gasteiger partial charge in [-0.25, -0.2) is 0 Å². The van der Waals surface area contributed by atoms with Gasteiger partial charge in [0.1, 0.15) is 5.41 Å². The van der Waals surface area contributed by atoms with Gasteiger partial charge in [0.2, 0.25) is 5.91 Å². The van der Waals surface area contributed by atoms with Crippen LogP contribution in [0.5, 0.6) is 0 Å². The third-order valence-corrected chi connectivity index (χ3v) is 4.33. The minimum atomic E-state index is -0.882. The number of carbonyl (C=O) groups excluding carboxylic acids is 1. The maximum absolute atomic E-state index is 12.3. The van der Waals surface area contributed by atoms with Crippen LogP contribution in [0.15, 0.2) is 10.2 Å². The number of hydrogen-bond donors (Lipinski definition) is 2. The summed E-state index contributed by atoms with van der Waals surface area (Å²) in [4.78, 5) is 25.8. The summed E-state index contributed by atoms with van der Waals surface area (Å²) in [6, 6.07) is 2.22. The van der Waals surface area contributed by atoms with Crippen molar-refractivity contribution in [2.45, 2.75) is 45.1 Å². The van der Waals surface area contributed by atoms with Gasteiger partial charge < -0.3 is 10.3 Å². The molecule has 1 fully saturated rings. The molecule has 0 aliphatic heterocycles. The average molecular weight is 279 g/mol. The predicted octanol–water partition coefficient (Wildman–Crippen LogP) is 1.92. The molecule has 5 nitrogen and oxygen atoms in total. The van der Waals surface area contributed by atoms with E-state index in [1.54, 1.807) is 5.38 Å². The number of H-pyrrole nitrogens is 1. The molecule has 1 saturated carbocycles. The van der Waals surface area contributed by atoms with Crippen LogP contribution in [0.3, 0.4) is 0 Å². The molecule has 1 aliphatic rings. The number of aromatic amines is 1. The zero-order chi connectivity index (χ0) is 13.7. The molecule has 1 amide bonds. The van der Waals surface area contributed by atoms with Crippen molar-refractivity contribution >= 4 is 17.2 Å². The van der Waals surface area contributed by atoms with Crippen molar-refractivity contribution in [3.63, 3.8) is 0 Å². The van der Waals surface area contributed by atoms with Crippen molar-refractivity contribution in [3.8, 4) is 6.07 Å². The fourth-order valence-corrected chi connectivity index (χ4v) is 3.05. The number of amides is 1. The van der Waals surface area contributed by atoms with Crippen LogP contribution in [-0.2, 0) is 11.3 Å². The Morgan fingerprint density at radius 2 is 2.11 bits per heavy atom. The lowest BCUT2D eigenvalue weighted by Gasteiger charge is -2.23. The number of nitriles is 1. The van der Waals surface area contributed by atoms with Gasteiger partial charge in [0.05, 0.1) is 12.6 Å². The van der Waals surface area contributed by atoms with Crippen LogP contribution in [-0.4, -0.2) is 10.9 Å². The van der Waals surface area contributed by atoms with E-state index in [-0.39, 0.29) is 17.3 Å². The van der Waals surface area contributed by atoms with E-state index in [1.165, 1.54) is 0 Å². The first-order chi connectivity index (χ1) is 9.16. The molecule has 0 aromatic carbocycles. The SMILES string of the molecule is N#CC1(C(=O)NCc2csc(=O)[nH]2)CCCCCC1. The lowest BCUT2D eigenvalue weighted by molar-refractivity contribution is -0.129. The predicted molar refractivity (Wildman–Crippen MR) is 72.5 cm³/mol. The molecule has 0 saturated heterocycles. The Bertz CT molecular complexity index is 533. The van der Waals surface area contributed by atoms with Gasteiger partial charge in [0, 0.05) is 11.1 Å². The van der Waals surface area contributed by atoms with Crippen molar-refractivity contribution in [2.24, 2.45) is 5.41 Å². The monoisotopic (exact) mass is 279 g/mol. The Morgan fingerprint density at radius 1 is 1.42 bits per heavy atom. The molecule has 6 heteroatoms. The standard InChI is InChI=1S/C13H17N3O2S/c14-9-13(5-3-1-2-4-6-13)11(17)15-7-10-8-19-12(18)16-10/h8H,1-7H2,(H,15,17)(H,16,18). The molecule has 0 bridgehead atoms. The van der Waals surface area contributed by atoms with Crippen LogP contribution < -0.4 is 10.2 Å². The smallest absolute Gasteiger partial charge is 0.304 e. The molecule has 1 aromatic rings. The second-order valence-corrected chi connectivity index (χ2v) is 5.81. The third kappa shape index (κ3) is 3.24. The van der Waals surface area contributed by atoms with Gasteiger partial charge in [-0.1, -0.05) is 37.0 Å². The number of thiazole rings is 1. The summed E-state index contributed by atoms with van der Waals surface area (Å²) in [6.07, 6.45) is 5.31. The van der Waals surface area contributed by atoms with Crippen LogP contribution in [0, 0.1) is 16.7 Å². The molecular formula is C13H17N3O2S. The first-order valence-corrected chi connectivity index (χ1v) is 7.40. The quantitative estimate of drug-likeness (QED) is 0.829. The van der Waals surface area contributed by atoms with Crippen molar-refractivity contribution in [1.82, 2.24) is 10.3 Å². The van der Waals surface area contributed by atoms with Gasteiger partial charge in [-0.2, -0.15) is 5.26 Å². The molecule has 19 heavy (non-hydrogen) atoms. The van der Waals surface area contributed by atoms with Gasteiger partial charge >= 0.3 is 4.87 Å². The highest BCUT2D eigenvalue weighted by Gasteiger charge is 2.38. The van der Waals surface area contributed by atoms with E-state index in [0.29, 0.717) is 18.5 Å². The molecule has 0 radical (unpaired) electrons. The minimum Gasteiger partial charge on any atom is -0.349 e. The van der Waals surface area contributed by atoms with E-state index in [4.69, 9.17) is 0 Å². The van der Waals surface area contributed by atoms with Crippen molar-refractivity contribution in [2.75, 3.05) is 0 Å². The van der Waals surface area contributed by atoms with Gasteiger partial charge in [0.15, 0.2) is 0 Å². The van der Waals surface area contributed by atoms with Crippen LogP contribution >= 0.6 is 11.3 Å². The Labute approximate surface area is 115 Å². The van der Waals surface area contributed by atoms with E-state index in [2.05, 4.69) is 16.4 Å². The molecule has 1 aliphatic carbocycles. The Hall–Kier alpha value is -1.61. The average Bonchev–Trinajstić information content (AvgIpc) is 2.69. The summed E-state index contributed by atoms with van der Waals surface area (Å²) in [5, 5.41) is 13.8. The van der Waals surface area contributed by atoms with Crippen molar-refractivity contribution in [3.05, 3.63) is 20.7 Å². The number of hydrogen-bond acceptors (Lipinski definition) is 4. The summed E-state index contributed by atoms with van der Waals surface area (Å²) in [6.45, 7) is 0.279. The number of rotatable bonds is 3. The highest BCUT2D eigenvalue weighted by atomic mass is 32.1. The first-order valence-electron chi connectivity index (χ1n) is 6.52. The summed E-state index contributed by atoms with van der Waals surface area (Å²) >= 11 is 1.07. The van der Waals surface area contributed by atoms with Crippen molar-refractivity contribution < 1.29 is 4.79 Å². The molecule has 2 N–H and O–H groups in total. The summed E-state index contributed by atoms with van der Waals surface area (Å²) in [7, 11) is 0. The largest absolute Gasteiger partial charge is 0.349 e. The van der Waals surface area contributed by atoms with Gasteiger partial charge in [-0.3, -0.25) is 9.59 Å². The highest BCUT2D eigenvalue weighted by molar-refractivity contribution is 7.07. The zero-order valence-corrected chi connectivity index (χ0v) is 11.5. The van der Waals surface area contributed by atoms with E-state index in [1.807, 2.05) is 0 Å².